The average molecular weight is 445 g/mol. The Morgan fingerprint density at radius 1 is 0.742 bits per heavy atom. The molecule has 8 nitrogen and oxygen atoms in total. The minimum Gasteiger partial charge on any atom is -0.393 e. The third-order valence-corrected chi connectivity index (χ3v) is 6.54. The molecule has 0 heterocycles. The first-order valence-corrected chi connectivity index (χ1v) is 11.4. The van der Waals surface area contributed by atoms with E-state index in [0.717, 1.165) is 0 Å². The van der Waals surface area contributed by atoms with Gasteiger partial charge in [-0.1, -0.05) is 24.3 Å². The van der Waals surface area contributed by atoms with Crippen molar-refractivity contribution in [3.8, 4) is 0 Å². The average Bonchev–Trinajstić information content (AvgIpc) is 2.68. The van der Waals surface area contributed by atoms with Crippen LogP contribution in [0.15, 0.2) is 24.3 Å². The predicted molar refractivity (Wildman–Crippen MR) is 115 cm³/mol. The van der Waals surface area contributed by atoms with E-state index in [2.05, 4.69) is 0 Å². The van der Waals surface area contributed by atoms with E-state index in [1.54, 1.807) is 6.92 Å². The van der Waals surface area contributed by atoms with Gasteiger partial charge in [0.2, 0.25) is 0 Å². The van der Waals surface area contributed by atoms with Gasteiger partial charge in [-0.3, -0.25) is 0 Å². The largest absolute Gasteiger partial charge is 0.393 e. The fraction of sp³-hybridized carbons (Fsp3) is 0.826. The number of rotatable bonds is 9. The molecule has 0 spiro atoms. The molecule has 0 radical (unpaired) electrons. The van der Waals surface area contributed by atoms with Crippen molar-refractivity contribution in [2.24, 2.45) is 17.8 Å². The van der Waals surface area contributed by atoms with Crippen LogP contribution in [0.1, 0.15) is 51.9 Å². The lowest BCUT2D eigenvalue weighted by Crippen LogP contribution is -2.44. The molecule has 0 bridgehead atoms. The van der Waals surface area contributed by atoms with Gasteiger partial charge < -0.3 is 40.9 Å². The van der Waals surface area contributed by atoms with Crippen molar-refractivity contribution in [2.45, 2.75) is 101 Å². The van der Waals surface area contributed by atoms with Crippen LogP contribution < -0.4 is 0 Å². The normalized spacial score (nSPS) is 40.3. The number of aliphatic hydroxyl groups excluding tert-OH is 8. The van der Waals surface area contributed by atoms with E-state index >= 15 is 0 Å². The summed E-state index contributed by atoms with van der Waals surface area (Å²) in [5, 5.41) is 78.9. The summed E-state index contributed by atoms with van der Waals surface area (Å²) >= 11 is 0. The third kappa shape index (κ3) is 8.22. The van der Waals surface area contributed by atoms with Crippen LogP contribution in [0.2, 0.25) is 0 Å². The first-order chi connectivity index (χ1) is 14.6. The van der Waals surface area contributed by atoms with Crippen LogP contribution >= 0.6 is 0 Å². The van der Waals surface area contributed by atoms with E-state index in [1.165, 1.54) is 0 Å². The van der Waals surface area contributed by atoms with Crippen LogP contribution in [0.4, 0.5) is 0 Å². The first-order valence-electron chi connectivity index (χ1n) is 11.4. The summed E-state index contributed by atoms with van der Waals surface area (Å²) in [6.45, 7) is 1.62. The molecule has 0 saturated heterocycles. The molecule has 0 aromatic rings. The van der Waals surface area contributed by atoms with Gasteiger partial charge in [-0.15, -0.1) is 0 Å². The molecule has 0 aromatic carbocycles. The molecule has 7 unspecified atom stereocenters. The van der Waals surface area contributed by atoms with Crippen molar-refractivity contribution in [3.05, 3.63) is 24.3 Å². The van der Waals surface area contributed by atoms with E-state index in [9.17, 15) is 40.9 Å². The van der Waals surface area contributed by atoms with Gasteiger partial charge in [0.05, 0.1) is 36.6 Å². The zero-order valence-corrected chi connectivity index (χ0v) is 18.2. The zero-order chi connectivity index (χ0) is 23.1. The van der Waals surface area contributed by atoms with Gasteiger partial charge in [0.15, 0.2) is 0 Å². The van der Waals surface area contributed by atoms with Gasteiger partial charge in [-0.2, -0.15) is 0 Å². The first kappa shape index (κ1) is 26.4. The summed E-state index contributed by atoms with van der Waals surface area (Å²) in [5.41, 5.74) is 0. The maximum atomic E-state index is 10.5. The Morgan fingerprint density at radius 2 is 1.19 bits per heavy atom. The van der Waals surface area contributed by atoms with Crippen molar-refractivity contribution in [1.82, 2.24) is 0 Å². The minimum atomic E-state index is -1.13. The maximum absolute atomic E-state index is 10.5. The van der Waals surface area contributed by atoms with Crippen LogP contribution in [-0.2, 0) is 0 Å². The topological polar surface area (TPSA) is 162 Å². The second-order valence-electron chi connectivity index (χ2n) is 9.42. The lowest BCUT2D eigenvalue weighted by atomic mass is 9.81. The molecule has 8 N–H and O–H groups in total. The molecular formula is C23H40O8. The van der Waals surface area contributed by atoms with E-state index in [1.807, 2.05) is 24.3 Å². The molecule has 2 saturated carbocycles. The van der Waals surface area contributed by atoms with E-state index < -0.39 is 48.8 Å². The molecule has 2 aliphatic rings. The summed E-state index contributed by atoms with van der Waals surface area (Å²) < 4.78 is 0. The van der Waals surface area contributed by atoms with Crippen molar-refractivity contribution >= 4 is 0 Å². The SMILES string of the molecule is CC(O)CC(O)C(/C=C/C1CC(O)C(O)C(O)C1)CC/C=C/C1CC(O)C(O)C(O)C1. The monoisotopic (exact) mass is 444 g/mol. The van der Waals surface area contributed by atoms with E-state index in [0.29, 0.717) is 38.5 Å². The van der Waals surface area contributed by atoms with Crippen LogP contribution in [0.25, 0.3) is 0 Å². The molecule has 8 heteroatoms. The highest BCUT2D eigenvalue weighted by Gasteiger charge is 2.34. The second kappa shape index (κ2) is 12.4. The maximum Gasteiger partial charge on any atom is 0.106 e. The van der Waals surface area contributed by atoms with Crippen molar-refractivity contribution < 1.29 is 40.9 Å². The molecule has 2 rings (SSSR count). The fourth-order valence-corrected chi connectivity index (χ4v) is 4.64. The third-order valence-electron chi connectivity index (χ3n) is 6.54. The van der Waals surface area contributed by atoms with Crippen LogP contribution in [0.5, 0.6) is 0 Å². The van der Waals surface area contributed by atoms with Crippen molar-refractivity contribution in [2.75, 3.05) is 0 Å². The Balaban J connectivity index is 1.92. The van der Waals surface area contributed by atoms with E-state index in [-0.39, 0.29) is 24.2 Å². The summed E-state index contributed by atoms with van der Waals surface area (Å²) in [6, 6.07) is 0. The van der Waals surface area contributed by atoms with Gasteiger partial charge in [0.1, 0.15) is 12.2 Å². The molecule has 0 amide bonds. The molecule has 0 aromatic heterocycles. The minimum absolute atomic E-state index is 0.0265. The van der Waals surface area contributed by atoms with Crippen molar-refractivity contribution in [1.29, 1.82) is 0 Å². The lowest BCUT2D eigenvalue weighted by Gasteiger charge is -2.33. The van der Waals surface area contributed by atoms with Gasteiger partial charge in [-0.25, -0.2) is 0 Å². The predicted octanol–water partition coefficient (Wildman–Crippen LogP) is -0.388. The Hall–Kier alpha value is -0.840. The Kier molecular flexibility index (Phi) is 10.6. The van der Waals surface area contributed by atoms with Crippen LogP contribution in [0, 0.1) is 17.8 Å². The summed E-state index contributed by atoms with van der Waals surface area (Å²) in [6.07, 6.45) is 3.07. The van der Waals surface area contributed by atoms with E-state index in [4.69, 9.17) is 0 Å². The molecule has 31 heavy (non-hydrogen) atoms. The van der Waals surface area contributed by atoms with Crippen LogP contribution in [0.3, 0.4) is 0 Å². The Bertz CT molecular complexity index is 556. The second-order valence-corrected chi connectivity index (χ2v) is 9.42. The summed E-state index contributed by atoms with van der Waals surface area (Å²) in [5.74, 6) is -0.368. The Morgan fingerprint density at radius 3 is 1.65 bits per heavy atom. The quantitative estimate of drug-likeness (QED) is 0.223. The molecule has 2 aliphatic carbocycles. The van der Waals surface area contributed by atoms with Gasteiger partial charge >= 0.3 is 0 Å². The molecule has 7 atom stereocenters. The highest BCUT2D eigenvalue weighted by atomic mass is 16.4. The molecule has 0 aliphatic heterocycles. The summed E-state index contributed by atoms with van der Waals surface area (Å²) in [7, 11) is 0. The molecule has 180 valence electrons. The van der Waals surface area contributed by atoms with Gasteiger partial charge in [0, 0.05) is 5.92 Å². The smallest absolute Gasteiger partial charge is 0.106 e. The number of hydrogen-bond acceptors (Lipinski definition) is 8. The lowest BCUT2D eigenvalue weighted by molar-refractivity contribution is -0.0941. The molecular weight excluding hydrogens is 404 g/mol. The number of aliphatic hydroxyl groups is 8. The highest BCUT2D eigenvalue weighted by Crippen LogP contribution is 2.29. The Labute approximate surface area is 184 Å². The van der Waals surface area contributed by atoms with Crippen molar-refractivity contribution in [3.63, 3.8) is 0 Å². The highest BCUT2D eigenvalue weighted by molar-refractivity contribution is 5.02. The number of allylic oxidation sites excluding steroid dienone is 3. The number of hydrogen-bond donors (Lipinski definition) is 8. The van der Waals surface area contributed by atoms with Gasteiger partial charge in [-0.05, 0) is 63.7 Å². The zero-order valence-electron chi connectivity index (χ0n) is 18.2. The summed E-state index contributed by atoms with van der Waals surface area (Å²) in [4.78, 5) is 0. The van der Waals surface area contributed by atoms with Gasteiger partial charge in [0.25, 0.3) is 0 Å². The fourth-order valence-electron chi connectivity index (χ4n) is 4.64. The van der Waals surface area contributed by atoms with Crippen LogP contribution in [-0.4, -0.2) is 89.7 Å². The molecule has 2 fully saturated rings. The standard InChI is InChI=1S/C23H40O8/c1-13(24)8-17(25)16(7-6-15-11-20(28)23(31)21(29)12-15)5-3-2-4-14-9-18(26)22(30)19(27)10-14/h2,4,6-7,13-31H,3,5,8-12H2,1H3/b4-2+,7-6+.